The molecule has 0 unspecified atom stereocenters. The number of benzene rings is 1. The Morgan fingerprint density at radius 1 is 1.33 bits per heavy atom. The smallest absolute Gasteiger partial charge is 0.335 e. The fourth-order valence-electron chi connectivity index (χ4n) is 1.74. The first-order chi connectivity index (χ1) is 7.18. The van der Waals surface area contributed by atoms with Crippen molar-refractivity contribution in [1.29, 1.82) is 5.41 Å². The van der Waals surface area contributed by atoms with Crippen molar-refractivity contribution in [2.24, 2.45) is 0 Å². The van der Waals surface area contributed by atoms with Crippen LogP contribution in [0.4, 0.5) is 5.69 Å². The van der Waals surface area contributed by atoms with Crippen LogP contribution in [0.25, 0.3) is 0 Å². The molecular weight excluding hydrogens is 192 g/mol. The second-order valence-electron chi connectivity index (χ2n) is 3.55. The zero-order valence-electron chi connectivity index (χ0n) is 8.23. The fraction of sp³-hybridized carbons (Fsp3) is 0.273. The van der Waals surface area contributed by atoms with E-state index < -0.39 is 5.97 Å². The Morgan fingerprint density at radius 2 is 2.00 bits per heavy atom. The monoisotopic (exact) mass is 204 g/mol. The van der Waals surface area contributed by atoms with Gasteiger partial charge in [0.2, 0.25) is 0 Å². The van der Waals surface area contributed by atoms with Gasteiger partial charge in [-0.3, -0.25) is 5.41 Å². The molecule has 1 heterocycles. The average molecular weight is 204 g/mol. The molecule has 0 radical (unpaired) electrons. The van der Waals surface area contributed by atoms with Crippen molar-refractivity contribution in [1.82, 2.24) is 0 Å². The third-order valence-electron chi connectivity index (χ3n) is 2.55. The van der Waals surface area contributed by atoms with E-state index in [4.69, 9.17) is 10.5 Å². The second-order valence-corrected chi connectivity index (χ2v) is 3.55. The van der Waals surface area contributed by atoms with Crippen LogP contribution in [-0.4, -0.2) is 23.5 Å². The van der Waals surface area contributed by atoms with Crippen LogP contribution in [0.15, 0.2) is 24.3 Å². The zero-order chi connectivity index (χ0) is 10.8. The van der Waals surface area contributed by atoms with Gasteiger partial charge in [-0.05, 0) is 30.7 Å². The molecule has 0 amide bonds. The number of hydrogen-bond donors (Lipinski definition) is 2. The molecule has 0 bridgehead atoms. The molecule has 15 heavy (non-hydrogen) atoms. The van der Waals surface area contributed by atoms with E-state index in [2.05, 4.69) is 0 Å². The highest BCUT2D eigenvalue weighted by Gasteiger charge is 2.18. The Balaban J connectivity index is 2.23. The maximum atomic E-state index is 10.6. The van der Waals surface area contributed by atoms with Crippen LogP contribution in [-0.2, 0) is 0 Å². The van der Waals surface area contributed by atoms with Crippen LogP contribution >= 0.6 is 0 Å². The van der Waals surface area contributed by atoms with E-state index in [1.165, 1.54) is 0 Å². The molecule has 78 valence electrons. The summed E-state index contributed by atoms with van der Waals surface area (Å²) in [5.41, 5.74) is 1.19. The number of nitrogens with zero attached hydrogens (tertiary/aromatic N) is 1. The first kappa shape index (κ1) is 9.71. The highest BCUT2D eigenvalue weighted by Crippen LogP contribution is 2.21. The van der Waals surface area contributed by atoms with E-state index in [1.54, 1.807) is 24.3 Å². The SMILES string of the molecule is N=C1CCCN1c1ccc(C(=O)O)cc1. The Bertz CT molecular complexity index is 398. The Hall–Kier alpha value is -1.84. The molecule has 2 N–H and O–H groups in total. The summed E-state index contributed by atoms with van der Waals surface area (Å²) in [5, 5.41) is 16.4. The summed E-state index contributed by atoms with van der Waals surface area (Å²) < 4.78 is 0. The van der Waals surface area contributed by atoms with Crippen molar-refractivity contribution in [3.05, 3.63) is 29.8 Å². The van der Waals surface area contributed by atoms with E-state index in [-0.39, 0.29) is 5.56 Å². The minimum atomic E-state index is -0.918. The van der Waals surface area contributed by atoms with Crippen molar-refractivity contribution in [3.8, 4) is 0 Å². The summed E-state index contributed by atoms with van der Waals surface area (Å²) in [4.78, 5) is 12.6. The van der Waals surface area contributed by atoms with Gasteiger partial charge in [-0.1, -0.05) is 0 Å². The molecule has 1 fully saturated rings. The molecule has 1 aromatic rings. The van der Waals surface area contributed by atoms with Gasteiger partial charge in [0.1, 0.15) is 5.84 Å². The largest absolute Gasteiger partial charge is 0.478 e. The average Bonchev–Trinajstić information content (AvgIpc) is 2.65. The zero-order valence-corrected chi connectivity index (χ0v) is 8.23. The topological polar surface area (TPSA) is 64.4 Å². The standard InChI is InChI=1S/C11H12N2O2/c12-10-2-1-7-13(10)9-5-3-8(4-6-9)11(14)15/h3-6,12H,1-2,7H2,(H,14,15). The molecule has 1 saturated heterocycles. The highest BCUT2D eigenvalue weighted by atomic mass is 16.4. The molecule has 4 heteroatoms. The summed E-state index contributed by atoms with van der Waals surface area (Å²) in [6.45, 7) is 0.852. The normalized spacial score (nSPS) is 15.7. The van der Waals surface area contributed by atoms with Gasteiger partial charge in [0.15, 0.2) is 0 Å². The number of rotatable bonds is 2. The summed E-state index contributed by atoms with van der Waals surface area (Å²) >= 11 is 0. The number of anilines is 1. The fourth-order valence-corrected chi connectivity index (χ4v) is 1.74. The molecule has 0 spiro atoms. The van der Waals surface area contributed by atoms with Crippen molar-refractivity contribution in [2.75, 3.05) is 11.4 Å². The Kier molecular flexibility index (Phi) is 2.41. The first-order valence-corrected chi connectivity index (χ1v) is 4.87. The predicted molar refractivity (Wildman–Crippen MR) is 57.7 cm³/mol. The van der Waals surface area contributed by atoms with Crippen LogP contribution in [0.1, 0.15) is 23.2 Å². The Morgan fingerprint density at radius 3 is 2.47 bits per heavy atom. The molecule has 0 saturated carbocycles. The molecule has 0 atom stereocenters. The van der Waals surface area contributed by atoms with Crippen molar-refractivity contribution in [2.45, 2.75) is 12.8 Å². The Labute approximate surface area is 87.7 Å². The van der Waals surface area contributed by atoms with Gasteiger partial charge in [0.05, 0.1) is 5.56 Å². The van der Waals surface area contributed by atoms with Crippen molar-refractivity contribution < 1.29 is 9.90 Å². The van der Waals surface area contributed by atoms with Crippen molar-refractivity contribution >= 4 is 17.5 Å². The lowest BCUT2D eigenvalue weighted by molar-refractivity contribution is 0.0697. The highest BCUT2D eigenvalue weighted by molar-refractivity contribution is 5.98. The van der Waals surface area contributed by atoms with E-state index in [0.717, 1.165) is 25.1 Å². The number of carbonyl (C=O) groups is 1. The molecule has 0 aliphatic carbocycles. The van der Waals surface area contributed by atoms with Gasteiger partial charge in [-0.2, -0.15) is 0 Å². The molecule has 4 nitrogen and oxygen atoms in total. The molecule has 1 aliphatic heterocycles. The number of nitrogens with one attached hydrogen (secondary N) is 1. The number of hydrogen-bond acceptors (Lipinski definition) is 2. The maximum absolute atomic E-state index is 10.6. The summed E-state index contributed by atoms with van der Waals surface area (Å²) in [6.07, 6.45) is 1.81. The van der Waals surface area contributed by atoms with Gasteiger partial charge in [0.25, 0.3) is 0 Å². The number of carboxylic acid groups (broad SMARTS) is 1. The predicted octanol–water partition coefficient (Wildman–Crippen LogP) is 1.96. The lowest BCUT2D eigenvalue weighted by Crippen LogP contribution is -2.22. The second kappa shape index (κ2) is 3.73. The molecule has 1 aromatic carbocycles. The van der Waals surface area contributed by atoms with Gasteiger partial charge in [-0.25, -0.2) is 4.79 Å². The summed E-state index contributed by atoms with van der Waals surface area (Å²) in [6, 6.07) is 6.65. The first-order valence-electron chi connectivity index (χ1n) is 4.87. The molecule has 2 rings (SSSR count). The van der Waals surface area contributed by atoms with E-state index in [1.807, 2.05) is 4.90 Å². The van der Waals surface area contributed by atoms with Crippen LogP contribution in [0, 0.1) is 5.41 Å². The van der Waals surface area contributed by atoms with Crippen molar-refractivity contribution in [3.63, 3.8) is 0 Å². The maximum Gasteiger partial charge on any atom is 0.335 e. The van der Waals surface area contributed by atoms with Gasteiger partial charge < -0.3 is 10.0 Å². The minimum Gasteiger partial charge on any atom is -0.478 e. The van der Waals surface area contributed by atoms with Gasteiger partial charge in [0, 0.05) is 18.7 Å². The number of amidine groups is 1. The van der Waals surface area contributed by atoms with Gasteiger partial charge >= 0.3 is 5.97 Å². The third kappa shape index (κ3) is 1.83. The molecular formula is C11H12N2O2. The van der Waals surface area contributed by atoms with Crippen LogP contribution in [0.5, 0.6) is 0 Å². The van der Waals surface area contributed by atoms with E-state index in [9.17, 15) is 4.79 Å². The van der Waals surface area contributed by atoms with Crippen LogP contribution < -0.4 is 4.90 Å². The van der Waals surface area contributed by atoms with Crippen LogP contribution in [0.2, 0.25) is 0 Å². The van der Waals surface area contributed by atoms with E-state index in [0.29, 0.717) is 5.84 Å². The minimum absolute atomic E-state index is 0.282. The van der Waals surface area contributed by atoms with Gasteiger partial charge in [-0.15, -0.1) is 0 Å². The number of aromatic carboxylic acids is 1. The molecule has 1 aliphatic rings. The lowest BCUT2D eigenvalue weighted by Gasteiger charge is -2.17. The lowest BCUT2D eigenvalue weighted by atomic mass is 10.2. The van der Waals surface area contributed by atoms with E-state index >= 15 is 0 Å². The molecule has 0 aromatic heterocycles. The third-order valence-corrected chi connectivity index (χ3v) is 2.55. The summed E-state index contributed by atoms with van der Waals surface area (Å²) in [7, 11) is 0. The number of carboxylic acids is 1. The quantitative estimate of drug-likeness (QED) is 0.774. The summed E-state index contributed by atoms with van der Waals surface area (Å²) in [5.74, 6) is -0.309. The van der Waals surface area contributed by atoms with Crippen LogP contribution in [0.3, 0.4) is 0 Å².